The topological polar surface area (TPSA) is 87.0 Å². The van der Waals surface area contributed by atoms with Crippen molar-refractivity contribution >= 4 is 12.0 Å². The quantitative estimate of drug-likeness (QED) is 0.514. The van der Waals surface area contributed by atoms with Crippen LogP contribution in [0.1, 0.15) is 17.0 Å². The van der Waals surface area contributed by atoms with Gasteiger partial charge in [-0.05, 0) is 11.1 Å². The van der Waals surface area contributed by atoms with Crippen LogP contribution in [0.4, 0.5) is 0 Å². The SMILES string of the molecule is C=C(C(=O)OCC(CO)(CO)CO)C1C=Cc2ccccc21. The Balaban J connectivity index is 2.02. The van der Waals surface area contributed by atoms with Crippen molar-refractivity contribution in [1.82, 2.24) is 0 Å². The fourth-order valence-electron chi connectivity index (χ4n) is 2.28. The van der Waals surface area contributed by atoms with Crippen LogP contribution >= 0.6 is 0 Å². The molecule has 1 aliphatic rings. The molecule has 0 fully saturated rings. The molecule has 5 heteroatoms. The van der Waals surface area contributed by atoms with Gasteiger partial charge in [0.05, 0.1) is 25.2 Å². The van der Waals surface area contributed by atoms with E-state index in [-0.39, 0.29) is 18.1 Å². The zero-order valence-corrected chi connectivity index (χ0v) is 12.2. The zero-order valence-electron chi connectivity index (χ0n) is 12.2. The standard InChI is InChI=1S/C17H20O5/c1-12(14-7-6-13-4-2-3-5-15(13)14)16(21)22-11-17(8-18,9-19)10-20/h2-7,14,18-20H,1,8-11H2. The number of esters is 1. The van der Waals surface area contributed by atoms with E-state index in [9.17, 15) is 20.1 Å². The summed E-state index contributed by atoms with van der Waals surface area (Å²) in [4.78, 5) is 12.1. The van der Waals surface area contributed by atoms with E-state index in [1.165, 1.54) is 0 Å². The van der Waals surface area contributed by atoms with Crippen molar-refractivity contribution < 1.29 is 24.9 Å². The molecule has 0 bridgehead atoms. The van der Waals surface area contributed by atoms with Crippen molar-refractivity contribution in [2.75, 3.05) is 26.4 Å². The van der Waals surface area contributed by atoms with Crippen molar-refractivity contribution in [2.24, 2.45) is 5.41 Å². The molecule has 2 rings (SSSR count). The average molecular weight is 304 g/mol. The van der Waals surface area contributed by atoms with Crippen LogP contribution < -0.4 is 0 Å². The minimum absolute atomic E-state index is 0.240. The first-order valence-corrected chi connectivity index (χ1v) is 7.02. The lowest BCUT2D eigenvalue weighted by atomic mass is 9.92. The van der Waals surface area contributed by atoms with Gasteiger partial charge in [-0.3, -0.25) is 0 Å². The van der Waals surface area contributed by atoms with Crippen molar-refractivity contribution in [3.63, 3.8) is 0 Å². The minimum Gasteiger partial charge on any atom is -0.461 e. The van der Waals surface area contributed by atoms with Crippen molar-refractivity contribution in [3.8, 4) is 0 Å². The predicted molar refractivity (Wildman–Crippen MR) is 82.0 cm³/mol. The second-order valence-corrected chi connectivity index (χ2v) is 5.54. The maximum Gasteiger partial charge on any atom is 0.334 e. The van der Waals surface area contributed by atoms with E-state index in [1.54, 1.807) is 0 Å². The van der Waals surface area contributed by atoms with Crippen molar-refractivity contribution in [2.45, 2.75) is 5.92 Å². The van der Waals surface area contributed by atoms with Crippen LogP contribution in [-0.4, -0.2) is 47.7 Å². The van der Waals surface area contributed by atoms with Gasteiger partial charge in [-0.25, -0.2) is 4.79 Å². The third-order valence-electron chi connectivity index (χ3n) is 3.95. The first-order valence-electron chi connectivity index (χ1n) is 7.02. The molecule has 3 N–H and O–H groups in total. The molecule has 0 saturated carbocycles. The summed E-state index contributed by atoms with van der Waals surface area (Å²) in [5, 5.41) is 27.7. The molecule has 0 aromatic heterocycles. The average Bonchev–Trinajstić information content (AvgIpc) is 2.99. The van der Waals surface area contributed by atoms with Crippen LogP contribution in [0.25, 0.3) is 6.08 Å². The van der Waals surface area contributed by atoms with E-state index >= 15 is 0 Å². The highest BCUT2D eigenvalue weighted by atomic mass is 16.5. The number of benzene rings is 1. The Morgan fingerprint density at radius 2 is 1.82 bits per heavy atom. The number of aliphatic hydroxyl groups excluding tert-OH is 3. The van der Waals surface area contributed by atoms with Gasteiger partial charge in [-0.15, -0.1) is 0 Å². The van der Waals surface area contributed by atoms with Gasteiger partial charge in [0, 0.05) is 11.5 Å². The lowest BCUT2D eigenvalue weighted by molar-refractivity contribution is -0.146. The fraction of sp³-hybridized carbons (Fsp3) is 0.353. The molecule has 0 aliphatic heterocycles. The second kappa shape index (κ2) is 6.87. The van der Waals surface area contributed by atoms with Gasteiger partial charge in [-0.2, -0.15) is 0 Å². The molecule has 5 nitrogen and oxygen atoms in total. The third-order valence-corrected chi connectivity index (χ3v) is 3.95. The summed E-state index contributed by atoms with van der Waals surface area (Å²) in [5.74, 6) is -0.846. The molecule has 118 valence electrons. The molecule has 0 saturated heterocycles. The summed E-state index contributed by atoms with van der Waals surface area (Å²) in [5.41, 5.74) is 1.07. The summed E-state index contributed by atoms with van der Waals surface area (Å²) >= 11 is 0. The molecular formula is C17H20O5. The highest BCUT2D eigenvalue weighted by Gasteiger charge is 2.32. The van der Waals surface area contributed by atoms with Gasteiger partial charge in [-0.1, -0.05) is 43.0 Å². The van der Waals surface area contributed by atoms with Crippen molar-refractivity contribution in [1.29, 1.82) is 0 Å². The highest BCUT2D eigenvalue weighted by Crippen LogP contribution is 2.35. The number of ether oxygens (including phenoxy) is 1. The molecule has 1 atom stereocenters. The van der Waals surface area contributed by atoms with Crippen LogP contribution in [0.2, 0.25) is 0 Å². The van der Waals surface area contributed by atoms with Crippen LogP contribution in [0.3, 0.4) is 0 Å². The summed E-state index contributed by atoms with van der Waals surface area (Å²) in [6, 6.07) is 7.70. The summed E-state index contributed by atoms with van der Waals surface area (Å²) < 4.78 is 5.12. The van der Waals surface area contributed by atoms with E-state index < -0.39 is 31.2 Å². The normalized spacial score (nSPS) is 16.4. The minimum atomic E-state index is -1.24. The van der Waals surface area contributed by atoms with Gasteiger partial charge in [0.1, 0.15) is 6.61 Å². The van der Waals surface area contributed by atoms with Crippen molar-refractivity contribution in [3.05, 3.63) is 53.6 Å². The zero-order chi connectivity index (χ0) is 16.2. The Morgan fingerprint density at radius 3 is 2.45 bits per heavy atom. The maximum absolute atomic E-state index is 12.1. The fourth-order valence-corrected chi connectivity index (χ4v) is 2.28. The lowest BCUT2D eigenvalue weighted by Gasteiger charge is -2.27. The number of carbonyl (C=O) groups excluding carboxylic acids is 1. The maximum atomic E-state index is 12.1. The van der Waals surface area contributed by atoms with Gasteiger partial charge < -0.3 is 20.1 Å². The van der Waals surface area contributed by atoms with E-state index in [4.69, 9.17) is 4.74 Å². The van der Waals surface area contributed by atoms with Crippen LogP contribution in [0, 0.1) is 5.41 Å². The molecular weight excluding hydrogens is 284 g/mol. The summed E-state index contributed by atoms with van der Waals surface area (Å²) in [7, 11) is 0. The smallest absolute Gasteiger partial charge is 0.334 e. The van der Waals surface area contributed by atoms with Gasteiger partial charge in [0.25, 0.3) is 0 Å². The number of allylic oxidation sites excluding steroid dienone is 1. The molecule has 0 amide bonds. The Kier molecular flexibility index (Phi) is 5.13. The Morgan fingerprint density at radius 1 is 1.18 bits per heavy atom. The Labute approximate surface area is 129 Å². The summed E-state index contributed by atoms with van der Waals surface area (Å²) in [6.45, 7) is 2.09. The molecule has 1 unspecified atom stereocenters. The van der Waals surface area contributed by atoms with E-state index in [0.29, 0.717) is 0 Å². The van der Waals surface area contributed by atoms with Crippen LogP contribution in [0.15, 0.2) is 42.5 Å². The molecule has 22 heavy (non-hydrogen) atoms. The number of carbonyl (C=O) groups is 1. The van der Waals surface area contributed by atoms with E-state index in [0.717, 1.165) is 11.1 Å². The molecule has 0 heterocycles. The van der Waals surface area contributed by atoms with Gasteiger partial charge in [0.2, 0.25) is 0 Å². The van der Waals surface area contributed by atoms with Gasteiger partial charge in [0.15, 0.2) is 0 Å². The number of hydrogen-bond donors (Lipinski definition) is 3. The number of hydrogen-bond acceptors (Lipinski definition) is 5. The second-order valence-electron chi connectivity index (χ2n) is 5.54. The molecule has 1 aliphatic carbocycles. The largest absolute Gasteiger partial charge is 0.461 e. The lowest BCUT2D eigenvalue weighted by Crippen LogP contribution is -2.39. The Bertz CT molecular complexity index is 578. The molecule has 1 aromatic carbocycles. The first-order chi connectivity index (χ1) is 10.6. The Hall–Kier alpha value is -1.95. The predicted octanol–water partition coefficient (Wildman–Crippen LogP) is 0.860. The highest BCUT2D eigenvalue weighted by molar-refractivity contribution is 5.91. The first kappa shape index (κ1) is 16.4. The van der Waals surface area contributed by atoms with Crippen LogP contribution in [0.5, 0.6) is 0 Å². The monoisotopic (exact) mass is 304 g/mol. The molecule has 0 spiro atoms. The van der Waals surface area contributed by atoms with Gasteiger partial charge >= 0.3 is 5.97 Å². The number of fused-ring (bicyclic) bond motifs is 1. The number of aliphatic hydroxyl groups is 3. The molecule has 1 aromatic rings. The van der Waals surface area contributed by atoms with E-state index in [2.05, 4.69) is 6.58 Å². The summed E-state index contributed by atoms with van der Waals surface area (Å²) in [6.07, 6.45) is 3.81. The molecule has 0 radical (unpaired) electrons. The number of rotatable bonds is 7. The van der Waals surface area contributed by atoms with E-state index in [1.807, 2.05) is 36.4 Å². The third kappa shape index (κ3) is 3.11. The van der Waals surface area contributed by atoms with Crippen LogP contribution in [-0.2, 0) is 9.53 Å².